The number of carbonyl (C=O) groups excluding carboxylic acids is 2. The van der Waals surface area contributed by atoms with E-state index in [-0.39, 0.29) is 17.9 Å². The molecule has 3 amide bonds. The molecule has 0 saturated carbocycles. The molecule has 0 spiro atoms. The van der Waals surface area contributed by atoms with Gasteiger partial charge in [0.2, 0.25) is 11.0 Å². The molecule has 1 aromatic rings. The topological polar surface area (TPSA) is 78.4 Å². The van der Waals surface area contributed by atoms with Crippen LogP contribution in [0, 0.1) is 5.92 Å². The third-order valence-electron chi connectivity index (χ3n) is 4.52. The van der Waals surface area contributed by atoms with Gasteiger partial charge in [-0.15, -0.1) is 10.2 Å². The van der Waals surface area contributed by atoms with Crippen LogP contribution in [0.1, 0.15) is 50.5 Å². The number of hydrogen-bond donors (Lipinski definition) is 1. The number of anilines is 1. The maximum absolute atomic E-state index is 12.4. The summed E-state index contributed by atoms with van der Waals surface area (Å²) >= 11 is 1.47. The first-order valence-corrected chi connectivity index (χ1v) is 9.38. The summed E-state index contributed by atoms with van der Waals surface area (Å²) in [6.45, 7) is 5.50. The number of carbonyl (C=O) groups is 2. The summed E-state index contributed by atoms with van der Waals surface area (Å²) in [5.74, 6) is 0.323. The van der Waals surface area contributed by atoms with E-state index in [4.69, 9.17) is 0 Å². The number of amides is 3. The van der Waals surface area contributed by atoms with Crippen molar-refractivity contribution < 1.29 is 9.59 Å². The molecule has 0 bridgehead atoms. The Bertz CT molecular complexity index is 563. The molecule has 0 atom stereocenters. The Labute approximate surface area is 147 Å². The molecule has 0 aromatic carbocycles. The average molecular weight is 353 g/mol. The molecule has 8 heteroatoms. The lowest BCUT2D eigenvalue weighted by molar-refractivity contribution is -0.121. The lowest BCUT2D eigenvalue weighted by Gasteiger charge is -2.32. The van der Waals surface area contributed by atoms with Crippen LogP contribution in [-0.4, -0.2) is 59.1 Å². The van der Waals surface area contributed by atoms with Crippen LogP contribution in [0.25, 0.3) is 0 Å². The standard InChI is InChI=1S/C16H27N5O2S/c1-5-11(6-2)14-18-19-15(24-14)17-13(22)12-7-9-21(10-8-12)16(23)20(3)4/h11-12H,5-10H2,1-4H3,(H,17,19,22). The molecule has 1 aromatic heterocycles. The summed E-state index contributed by atoms with van der Waals surface area (Å²) < 4.78 is 0. The Balaban J connectivity index is 1.87. The second-order valence-corrected chi connectivity index (χ2v) is 7.40. The van der Waals surface area contributed by atoms with E-state index in [0.29, 0.717) is 37.0 Å². The Hall–Kier alpha value is -1.70. The fraction of sp³-hybridized carbons (Fsp3) is 0.750. The van der Waals surface area contributed by atoms with E-state index in [1.165, 1.54) is 11.3 Å². The van der Waals surface area contributed by atoms with Crippen molar-refractivity contribution in [3.05, 3.63) is 5.01 Å². The van der Waals surface area contributed by atoms with Crippen LogP contribution >= 0.6 is 11.3 Å². The van der Waals surface area contributed by atoms with E-state index >= 15 is 0 Å². The number of likely N-dealkylation sites (tertiary alicyclic amines) is 1. The van der Waals surface area contributed by atoms with E-state index in [1.54, 1.807) is 23.9 Å². The molecule has 1 fully saturated rings. The SMILES string of the molecule is CCC(CC)c1nnc(NC(=O)C2CCN(C(=O)N(C)C)CC2)s1. The van der Waals surface area contributed by atoms with Gasteiger partial charge in [0.05, 0.1) is 0 Å². The van der Waals surface area contributed by atoms with Gasteiger partial charge in [-0.25, -0.2) is 4.79 Å². The lowest BCUT2D eigenvalue weighted by atomic mass is 9.96. The van der Waals surface area contributed by atoms with Gasteiger partial charge >= 0.3 is 6.03 Å². The largest absolute Gasteiger partial charge is 0.331 e. The monoisotopic (exact) mass is 353 g/mol. The van der Waals surface area contributed by atoms with Crippen molar-refractivity contribution in [3.8, 4) is 0 Å². The zero-order valence-corrected chi connectivity index (χ0v) is 15.7. The van der Waals surface area contributed by atoms with Crippen LogP contribution in [0.2, 0.25) is 0 Å². The molecule has 0 aliphatic carbocycles. The highest BCUT2D eigenvalue weighted by molar-refractivity contribution is 7.15. The van der Waals surface area contributed by atoms with Crippen molar-refractivity contribution in [3.63, 3.8) is 0 Å². The normalized spacial score (nSPS) is 15.6. The van der Waals surface area contributed by atoms with Crippen molar-refractivity contribution in [2.45, 2.75) is 45.4 Å². The fourth-order valence-electron chi connectivity index (χ4n) is 2.91. The van der Waals surface area contributed by atoms with Crippen LogP contribution in [0.5, 0.6) is 0 Å². The number of piperidine rings is 1. The number of nitrogens with one attached hydrogen (secondary N) is 1. The first-order chi connectivity index (χ1) is 11.5. The molecule has 1 saturated heterocycles. The Morgan fingerprint density at radius 1 is 1.25 bits per heavy atom. The van der Waals surface area contributed by atoms with Gasteiger partial charge in [0.25, 0.3) is 0 Å². The molecule has 2 rings (SSSR count). The maximum Gasteiger partial charge on any atom is 0.319 e. The first-order valence-electron chi connectivity index (χ1n) is 8.56. The average Bonchev–Trinajstić information content (AvgIpc) is 3.03. The molecule has 1 aliphatic heterocycles. The Morgan fingerprint density at radius 3 is 2.42 bits per heavy atom. The highest BCUT2D eigenvalue weighted by atomic mass is 32.1. The van der Waals surface area contributed by atoms with E-state index in [1.807, 2.05) is 0 Å². The number of nitrogens with zero attached hydrogens (tertiary/aromatic N) is 4. The predicted molar refractivity (Wildman–Crippen MR) is 95.2 cm³/mol. The van der Waals surface area contributed by atoms with Crippen molar-refractivity contribution in [2.24, 2.45) is 5.92 Å². The summed E-state index contributed by atoms with van der Waals surface area (Å²) in [7, 11) is 3.49. The van der Waals surface area contributed by atoms with Gasteiger partial charge in [0, 0.05) is 39.0 Å². The third-order valence-corrected chi connectivity index (χ3v) is 5.53. The molecule has 1 aliphatic rings. The highest BCUT2D eigenvalue weighted by Gasteiger charge is 2.28. The van der Waals surface area contributed by atoms with Gasteiger partial charge in [0.15, 0.2) is 0 Å². The van der Waals surface area contributed by atoms with E-state index in [0.717, 1.165) is 17.8 Å². The van der Waals surface area contributed by atoms with Gasteiger partial charge in [0.1, 0.15) is 5.01 Å². The van der Waals surface area contributed by atoms with Gasteiger partial charge in [-0.3, -0.25) is 4.79 Å². The summed E-state index contributed by atoms with van der Waals surface area (Å²) in [6, 6.07) is 0.00722. The van der Waals surface area contributed by atoms with E-state index in [9.17, 15) is 9.59 Å². The van der Waals surface area contributed by atoms with Crippen molar-refractivity contribution in [1.82, 2.24) is 20.0 Å². The number of aromatic nitrogens is 2. The fourth-order valence-corrected chi connectivity index (χ4v) is 3.92. The molecule has 134 valence electrons. The molecule has 2 heterocycles. The molecule has 24 heavy (non-hydrogen) atoms. The summed E-state index contributed by atoms with van der Waals surface area (Å²) in [4.78, 5) is 27.7. The summed E-state index contributed by atoms with van der Waals surface area (Å²) in [6.07, 6.45) is 3.42. The number of rotatable bonds is 5. The van der Waals surface area contributed by atoms with E-state index < -0.39 is 0 Å². The van der Waals surface area contributed by atoms with Crippen molar-refractivity contribution in [2.75, 3.05) is 32.5 Å². The number of urea groups is 1. The van der Waals surface area contributed by atoms with Gasteiger partial charge in [-0.2, -0.15) is 0 Å². The second-order valence-electron chi connectivity index (χ2n) is 6.39. The van der Waals surface area contributed by atoms with Gasteiger partial charge in [-0.1, -0.05) is 25.2 Å². The quantitative estimate of drug-likeness (QED) is 0.883. The van der Waals surface area contributed by atoms with Crippen molar-refractivity contribution >= 4 is 28.4 Å². The van der Waals surface area contributed by atoms with E-state index in [2.05, 4.69) is 29.4 Å². The maximum atomic E-state index is 12.4. The molecular formula is C16H27N5O2S. The summed E-state index contributed by atoms with van der Waals surface area (Å²) in [5, 5.41) is 12.8. The molecule has 0 unspecified atom stereocenters. The minimum atomic E-state index is -0.0725. The van der Waals surface area contributed by atoms with Crippen LogP contribution in [0.3, 0.4) is 0 Å². The van der Waals surface area contributed by atoms with Crippen LogP contribution in [0.4, 0.5) is 9.93 Å². The van der Waals surface area contributed by atoms with Crippen LogP contribution in [-0.2, 0) is 4.79 Å². The summed E-state index contributed by atoms with van der Waals surface area (Å²) in [5.41, 5.74) is 0. The van der Waals surface area contributed by atoms with Crippen molar-refractivity contribution in [1.29, 1.82) is 0 Å². The highest BCUT2D eigenvalue weighted by Crippen LogP contribution is 2.29. The third kappa shape index (κ3) is 4.43. The van der Waals surface area contributed by atoms with Gasteiger partial charge in [-0.05, 0) is 25.7 Å². The Morgan fingerprint density at radius 2 is 1.88 bits per heavy atom. The molecule has 0 radical (unpaired) electrons. The minimum absolute atomic E-state index is 0.00722. The zero-order chi connectivity index (χ0) is 17.7. The lowest BCUT2D eigenvalue weighted by Crippen LogP contribution is -2.45. The smallest absolute Gasteiger partial charge is 0.319 e. The number of hydrogen-bond acceptors (Lipinski definition) is 5. The zero-order valence-electron chi connectivity index (χ0n) is 14.9. The minimum Gasteiger partial charge on any atom is -0.331 e. The predicted octanol–water partition coefficient (Wildman–Crippen LogP) is 2.77. The second kappa shape index (κ2) is 8.41. The molecular weight excluding hydrogens is 326 g/mol. The van der Waals surface area contributed by atoms with Gasteiger partial charge < -0.3 is 15.1 Å². The molecule has 1 N–H and O–H groups in total. The molecule has 7 nitrogen and oxygen atoms in total. The van der Waals surface area contributed by atoms with Crippen LogP contribution in [0.15, 0.2) is 0 Å². The Kier molecular flexibility index (Phi) is 6.53. The van der Waals surface area contributed by atoms with Crippen LogP contribution < -0.4 is 5.32 Å². The first kappa shape index (κ1) is 18.6.